The Labute approximate surface area is 114 Å². The molecule has 2 atom stereocenters. The zero-order valence-corrected chi connectivity index (χ0v) is 11.5. The van der Waals surface area contributed by atoms with Gasteiger partial charge in [-0.3, -0.25) is 4.79 Å². The van der Waals surface area contributed by atoms with Crippen LogP contribution in [0, 0.1) is 5.92 Å². The number of benzene rings is 1. The summed E-state index contributed by atoms with van der Waals surface area (Å²) in [6, 6.07) is 8.31. The molecule has 0 aromatic heterocycles. The Balaban J connectivity index is 2.03. The maximum Gasteiger partial charge on any atom is 0.221 e. The highest BCUT2D eigenvalue weighted by atomic mass is 16.1. The van der Waals surface area contributed by atoms with E-state index in [1.807, 2.05) is 24.3 Å². The molecule has 1 fully saturated rings. The van der Waals surface area contributed by atoms with Crippen molar-refractivity contribution in [2.45, 2.75) is 38.6 Å². The summed E-state index contributed by atoms with van der Waals surface area (Å²) < 4.78 is 0. The molecule has 0 saturated heterocycles. The molecule has 104 valence electrons. The zero-order chi connectivity index (χ0) is 13.7. The highest BCUT2D eigenvalue weighted by molar-refractivity contribution is 5.89. The Kier molecular flexibility index (Phi) is 4.80. The van der Waals surface area contributed by atoms with E-state index < -0.39 is 0 Å². The first-order chi connectivity index (χ1) is 9.19. The summed E-state index contributed by atoms with van der Waals surface area (Å²) in [5, 5.41) is 6.37. The summed E-state index contributed by atoms with van der Waals surface area (Å²) in [6.45, 7) is 2.26. The maximum absolute atomic E-state index is 11.1. The van der Waals surface area contributed by atoms with E-state index in [9.17, 15) is 4.79 Å². The van der Waals surface area contributed by atoms with Crippen molar-refractivity contribution in [2.24, 2.45) is 11.7 Å². The summed E-state index contributed by atoms with van der Waals surface area (Å²) in [4.78, 5) is 11.1. The van der Waals surface area contributed by atoms with E-state index >= 15 is 0 Å². The molecule has 4 heteroatoms. The van der Waals surface area contributed by atoms with Gasteiger partial charge in [0.1, 0.15) is 0 Å². The third kappa shape index (κ3) is 3.96. The minimum atomic E-state index is -0.0466. The van der Waals surface area contributed by atoms with E-state index in [1.54, 1.807) is 0 Å². The predicted molar refractivity (Wildman–Crippen MR) is 79.2 cm³/mol. The number of carbonyl (C=O) groups is 1. The molecule has 1 aromatic rings. The van der Waals surface area contributed by atoms with Gasteiger partial charge in [-0.15, -0.1) is 0 Å². The first-order valence-electron chi connectivity index (χ1n) is 7.03. The Morgan fingerprint density at radius 3 is 2.79 bits per heavy atom. The monoisotopic (exact) mass is 261 g/mol. The molecule has 1 aliphatic rings. The first-order valence-corrected chi connectivity index (χ1v) is 7.03. The Bertz CT molecular complexity index is 433. The number of anilines is 2. The van der Waals surface area contributed by atoms with Crippen LogP contribution in [0.3, 0.4) is 0 Å². The van der Waals surface area contributed by atoms with Gasteiger partial charge in [0.25, 0.3) is 0 Å². The fraction of sp³-hybridized carbons (Fsp3) is 0.533. The van der Waals surface area contributed by atoms with Crippen molar-refractivity contribution in [3.63, 3.8) is 0 Å². The summed E-state index contributed by atoms with van der Waals surface area (Å²) in [5.74, 6) is 0.507. The van der Waals surface area contributed by atoms with Gasteiger partial charge in [0, 0.05) is 24.3 Å². The molecule has 19 heavy (non-hydrogen) atoms. The van der Waals surface area contributed by atoms with Crippen molar-refractivity contribution in [1.82, 2.24) is 0 Å². The van der Waals surface area contributed by atoms with Crippen LogP contribution in [0.2, 0.25) is 0 Å². The standard InChI is InChI=1S/C15H23N3O/c1-11(19)17-13-6-4-7-14(9-13)18-15-8-3-2-5-12(15)10-16/h4,6-7,9,12,15,18H,2-3,5,8,10,16H2,1H3,(H,17,19). The number of nitrogens with two attached hydrogens (primary N) is 1. The number of nitrogens with one attached hydrogen (secondary N) is 2. The van der Waals surface area contributed by atoms with Crippen molar-refractivity contribution in [3.8, 4) is 0 Å². The quantitative estimate of drug-likeness (QED) is 0.780. The molecule has 0 bridgehead atoms. The van der Waals surface area contributed by atoms with Gasteiger partial charge in [-0.05, 0) is 43.5 Å². The number of amides is 1. The zero-order valence-electron chi connectivity index (χ0n) is 11.5. The van der Waals surface area contributed by atoms with Gasteiger partial charge in [0.15, 0.2) is 0 Å². The van der Waals surface area contributed by atoms with Crippen molar-refractivity contribution in [1.29, 1.82) is 0 Å². The lowest BCUT2D eigenvalue weighted by molar-refractivity contribution is -0.114. The van der Waals surface area contributed by atoms with Crippen LogP contribution in [0.25, 0.3) is 0 Å². The number of rotatable bonds is 4. The van der Waals surface area contributed by atoms with Gasteiger partial charge >= 0.3 is 0 Å². The molecular formula is C15H23N3O. The van der Waals surface area contributed by atoms with Gasteiger partial charge < -0.3 is 16.4 Å². The fourth-order valence-corrected chi connectivity index (χ4v) is 2.78. The number of carbonyl (C=O) groups excluding carboxylic acids is 1. The molecule has 0 radical (unpaired) electrons. The largest absolute Gasteiger partial charge is 0.382 e. The summed E-state index contributed by atoms with van der Waals surface area (Å²) in [5.41, 5.74) is 7.73. The first kappa shape index (κ1) is 13.9. The van der Waals surface area contributed by atoms with Gasteiger partial charge in [-0.1, -0.05) is 18.9 Å². The average Bonchev–Trinajstić information content (AvgIpc) is 2.39. The smallest absolute Gasteiger partial charge is 0.221 e. The van der Waals surface area contributed by atoms with E-state index in [0.29, 0.717) is 12.0 Å². The van der Waals surface area contributed by atoms with Crippen molar-refractivity contribution in [3.05, 3.63) is 24.3 Å². The minimum absolute atomic E-state index is 0.0466. The fourth-order valence-electron chi connectivity index (χ4n) is 2.78. The molecule has 0 aliphatic heterocycles. The van der Waals surface area contributed by atoms with Crippen molar-refractivity contribution in [2.75, 3.05) is 17.2 Å². The van der Waals surface area contributed by atoms with Crippen LogP contribution in [0.5, 0.6) is 0 Å². The average molecular weight is 261 g/mol. The Morgan fingerprint density at radius 1 is 1.32 bits per heavy atom. The maximum atomic E-state index is 11.1. The van der Waals surface area contributed by atoms with Crippen LogP contribution in [-0.2, 0) is 4.79 Å². The normalized spacial score (nSPS) is 22.8. The van der Waals surface area contributed by atoms with E-state index in [4.69, 9.17) is 5.73 Å². The lowest BCUT2D eigenvalue weighted by atomic mass is 9.84. The molecule has 1 aliphatic carbocycles. The van der Waals surface area contributed by atoms with Crippen LogP contribution in [-0.4, -0.2) is 18.5 Å². The van der Waals surface area contributed by atoms with E-state index in [0.717, 1.165) is 17.9 Å². The van der Waals surface area contributed by atoms with Crippen molar-refractivity contribution < 1.29 is 4.79 Å². The molecule has 0 heterocycles. The topological polar surface area (TPSA) is 67.2 Å². The molecule has 2 rings (SSSR count). The molecule has 1 saturated carbocycles. The van der Waals surface area contributed by atoms with Gasteiger partial charge in [0.2, 0.25) is 5.91 Å². The van der Waals surface area contributed by atoms with Crippen LogP contribution in [0.15, 0.2) is 24.3 Å². The molecule has 1 amide bonds. The molecule has 1 aromatic carbocycles. The van der Waals surface area contributed by atoms with E-state index in [-0.39, 0.29) is 5.91 Å². The molecule has 2 unspecified atom stereocenters. The summed E-state index contributed by atoms with van der Waals surface area (Å²) in [6.07, 6.45) is 4.93. The molecular weight excluding hydrogens is 238 g/mol. The SMILES string of the molecule is CC(=O)Nc1cccc(NC2CCCCC2CN)c1. The molecule has 4 N–H and O–H groups in total. The second-order valence-electron chi connectivity index (χ2n) is 5.29. The van der Waals surface area contributed by atoms with Gasteiger partial charge in [0.05, 0.1) is 0 Å². The third-order valence-electron chi connectivity index (χ3n) is 3.75. The summed E-state index contributed by atoms with van der Waals surface area (Å²) >= 11 is 0. The lowest BCUT2D eigenvalue weighted by Gasteiger charge is -2.32. The van der Waals surface area contributed by atoms with E-state index in [1.165, 1.54) is 32.6 Å². The second-order valence-corrected chi connectivity index (χ2v) is 5.29. The molecule has 4 nitrogen and oxygen atoms in total. The van der Waals surface area contributed by atoms with E-state index in [2.05, 4.69) is 10.6 Å². The number of hydrogen-bond acceptors (Lipinski definition) is 3. The highest BCUT2D eigenvalue weighted by Gasteiger charge is 2.23. The van der Waals surface area contributed by atoms with Crippen LogP contribution >= 0.6 is 0 Å². The summed E-state index contributed by atoms with van der Waals surface area (Å²) in [7, 11) is 0. The third-order valence-corrected chi connectivity index (χ3v) is 3.75. The second kappa shape index (κ2) is 6.57. The van der Waals surface area contributed by atoms with Crippen LogP contribution in [0.4, 0.5) is 11.4 Å². The predicted octanol–water partition coefficient (Wildman–Crippen LogP) is 2.57. The highest BCUT2D eigenvalue weighted by Crippen LogP contribution is 2.27. The van der Waals surface area contributed by atoms with Crippen LogP contribution < -0.4 is 16.4 Å². The lowest BCUT2D eigenvalue weighted by Crippen LogP contribution is -2.36. The molecule has 0 spiro atoms. The Hall–Kier alpha value is -1.55. The van der Waals surface area contributed by atoms with Gasteiger partial charge in [-0.2, -0.15) is 0 Å². The minimum Gasteiger partial charge on any atom is -0.382 e. The van der Waals surface area contributed by atoms with Crippen LogP contribution in [0.1, 0.15) is 32.6 Å². The van der Waals surface area contributed by atoms with Gasteiger partial charge in [-0.25, -0.2) is 0 Å². The Morgan fingerprint density at radius 2 is 2.05 bits per heavy atom. The number of hydrogen-bond donors (Lipinski definition) is 3. The van der Waals surface area contributed by atoms with Crippen molar-refractivity contribution >= 4 is 17.3 Å².